The topological polar surface area (TPSA) is 243 Å². The van der Waals surface area contributed by atoms with Crippen molar-refractivity contribution in [3.8, 4) is 0 Å². The Labute approximate surface area is 269 Å². The molecular formula is C29H48N10O7. The van der Waals surface area contributed by atoms with Gasteiger partial charge in [0.05, 0.1) is 0 Å². The summed E-state index contributed by atoms with van der Waals surface area (Å²) in [5.41, 5.74) is 6.20. The normalized spacial score (nSPS) is 12.3. The summed E-state index contributed by atoms with van der Waals surface area (Å²) in [6.45, 7) is 7.55. The summed E-state index contributed by atoms with van der Waals surface area (Å²) in [4.78, 5) is 76.9. The van der Waals surface area contributed by atoms with Crippen molar-refractivity contribution in [2.24, 2.45) is 33.7 Å². The standard InChI is InChI=1S/C29H48N10O7/c1-18(2)24(36-23(40)16-33-37-31)26(42)35-22(8-7-13-32-28(30)44)25(41)34-21-11-9-20(10-12-21)17-46-29(45)39(6)15-14-38(5)27(43)19(3)4/h9-12,18-19,22,24H,7-8,13-17H2,1-6H3,(H2,31,33)(H,34,41)(H,35,42)(H,36,40)(H3,30,32,44)/t22-,24-/m0/s1. The van der Waals surface area contributed by atoms with Crippen LogP contribution in [-0.2, 0) is 30.5 Å². The molecule has 0 aliphatic rings. The average Bonchev–Trinajstić information content (AvgIpc) is 3.01. The molecule has 2 atom stereocenters. The quantitative estimate of drug-likeness (QED) is 0.0571. The van der Waals surface area contributed by atoms with Crippen molar-refractivity contribution >= 4 is 41.4 Å². The van der Waals surface area contributed by atoms with Gasteiger partial charge < -0.3 is 47.4 Å². The summed E-state index contributed by atoms with van der Waals surface area (Å²) < 4.78 is 5.36. The molecule has 0 heterocycles. The molecule has 256 valence electrons. The zero-order valence-corrected chi connectivity index (χ0v) is 27.4. The molecule has 0 aromatic heterocycles. The number of rotatable bonds is 18. The van der Waals surface area contributed by atoms with E-state index in [1.54, 1.807) is 57.1 Å². The van der Waals surface area contributed by atoms with Gasteiger partial charge in [0.1, 0.15) is 25.2 Å². The third-order valence-electron chi connectivity index (χ3n) is 6.70. The van der Waals surface area contributed by atoms with Crippen molar-refractivity contribution in [3.63, 3.8) is 0 Å². The summed E-state index contributed by atoms with van der Waals surface area (Å²) >= 11 is 0. The van der Waals surface area contributed by atoms with Crippen LogP contribution in [-0.4, -0.2) is 97.9 Å². The highest BCUT2D eigenvalue weighted by Gasteiger charge is 2.29. The van der Waals surface area contributed by atoms with E-state index in [2.05, 4.69) is 31.6 Å². The Hall–Kier alpha value is -4.96. The number of anilines is 1. The lowest BCUT2D eigenvalue weighted by molar-refractivity contribution is -0.133. The summed E-state index contributed by atoms with van der Waals surface area (Å²) in [5, 5.41) is 16.9. The third kappa shape index (κ3) is 14.7. The lowest BCUT2D eigenvalue weighted by Crippen LogP contribution is -2.55. The van der Waals surface area contributed by atoms with Gasteiger partial charge >= 0.3 is 12.1 Å². The van der Waals surface area contributed by atoms with E-state index in [9.17, 15) is 28.8 Å². The number of nitrogens with two attached hydrogens (primary N) is 2. The number of nitrogens with one attached hydrogen (secondary N) is 4. The molecule has 7 amide bonds. The van der Waals surface area contributed by atoms with Gasteiger partial charge in [0.25, 0.3) is 0 Å². The van der Waals surface area contributed by atoms with Gasteiger partial charge in [0, 0.05) is 45.3 Å². The average molecular weight is 649 g/mol. The summed E-state index contributed by atoms with van der Waals surface area (Å²) in [5.74, 6) is 2.77. The number of hydrogen-bond acceptors (Lipinski definition) is 9. The number of carbonyl (C=O) groups excluding carboxylic acids is 6. The van der Waals surface area contributed by atoms with E-state index in [0.29, 0.717) is 30.8 Å². The third-order valence-corrected chi connectivity index (χ3v) is 6.70. The summed E-state index contributed by atoms with van der Waals surface area (Å²) in [6, 6.07) is 3.88. The smallest absolute Gasteiger partial charge is 0.409 e. The molecule has 0 unspecified atom stereocenters. The fourth-order valence-corrected chi connectivity index (χ4v) is 4.02. The Balaban J connectivity index is 2.82. The number of amides is 7. The van der Waals surface area contributed by atoms with Gasteiger partial charge in [-0.1, -0.05) is 45.1 Å². The maximum absolute atomic E-state index is 13.2. The minimum Gasteiger partial charge on any atom is -0.445 e. The first-order valence-electron chi connectivity index (χ1n) is 14.9. The Kier molecular flexibility index (Phi) is 17.1. The van der Waals surface area contributed by atoms with E-state index >= 15 is 0 Å². The molecule has 0 aliphatic heterocycles. The number of hydrogen-bond donors (Lipinski definition) is 6. The second-order valence-corrected chi connectivity index (χ2v) is 11.3. The molecule has 0 spiro atoms. The SMILES string of the molecule is CC(C)C(=O)N(C)CCN(C)C(=O)OCc1ccc(NC(=O)[C@H](CCCNC(N)=O)NC(=O)[C@@H](NC(=O)CN=NN)C(C)C)cc1. The molecule has 0 fully saturated rings. The van der Waals surface area contributed by atoms with E-state index < -0.39 is 41.9 Å². The minimum atomic E-state index is -1.02. The Morgan fingerprint density at radius 3 is 2.11 bits per heavy atom. The monoisotopic (exact) mass is 648 g/mol. The first-order valence-corrected chi connectivity index (χ1v) is 14.9. The van der Waals surface area contributed by atoms with E-state index in [1.807, 2.05) is 13.8 Å². The first kappa shape index (κ1) is 39.1. The second-order valence-electron chi connectivity index (χ2n) is 11.3. The molecule has 0 bridgehead atoms. The van der Waals surface area contributed by atoms with Gasteiger partial charge in [-0.05, 0) is 36.5 Å². The molecule has 0 saturated heterocycles. The zero-order chi connectivity index (χ0) is 34.8. The summed E-state index contributed by atoms with van der Waals surface area (Å²) in [7, 11) is 3.26. The predicted molar refractivity (Wildman–Crippen MR) is 170 cm³/mol. The van der Waals surface area contributed by atoms with E-state index in [4.69, 9.17) is 16.3 Å². The van der Waals surface area contributed by atoms with E-state index in [-0.39, 0.29) is 43.9 Å². The highest BCUT2D eigenvalue weighted by molar-refractivity contribution is 5.98. The Morgan fingerprint density at radius 2 is 1.54 bits per heavy atom. The lowest BCUT2D eigenvalue weighted by Gasteiger charge is -2.25. The molecule has 0 saturated carbocycles. The molecule has 8 N–H and O–H groups in total. The maximum Gasteiger partial charge on any atom is 0.409 e. The van der Waals surface area contributed by atoms with E-state index in [1.165, 1.54) is 4.90 Å². The van der Waals surface area contributed by atoms with Crippen molar-refractivity contribution in [1.29, 1.82) is 0 Å². The molecule has 0 radical (unpaired) electrons. The zero-order valence-electron chi connectivity index (χ0n) is 27.4. The molecule has 1 aromatic rings. The number of urea groups is 1. The largest absolute Gasteiger partial charge is 0.445 e. The maximum atomic E-state index is 13.2. The van der Waals surface area contributed by atoms with Crippen LogP contribution in [0.1, 0.15) is 46.1 Å². The van der Waals surface area contributed by atoms with Crippen LogP contribution < -0.4 is 32.8 Å². The number of nitrogens with zero attached hydrogens (tertiary/aromatic N) is 4. The second kappa shape index (κ2) is 20.1. The van der Waals surface area contributed by atoms with Gasteiger partial charge in [-0.3, -0.25) is 19.2 Å². The van der Waals surface area contributed by atoms with Crippen LogP contribution in [0.4, 0.5) is 15.3 Å². The molecule has 1 rings (SSSR count). The van der Waals surface area contributed by atoms with Crippen LogP contribution >= 0.6 is 0 Å². The lowest BCUT2D eigenvalue weighted by atomic mass is 10.0. The summed E-state index contributed by atoms with van der Waals surface area (Å²) in [6.07, 6.45) is -0.0761. The van der Waals surface area contributed by atoms with Gasteiger partial charge in [-0.25, -0.2) is 9.59 Å². The van der Waals surface area contributed by atoms with Gasteiger partial charge in [-0.15, -0.1) is 0 Å². The van der Waals surface area contributed by atoms with Crippen molar-refractivity contribution < 1.29 is 33.5 Å². The molecule has 0 aliphatic carbocycles. The number of carbonyl (C=O) groups is 6. The molecule has 17 nitrogen and oxygen atoms in total. The van der Waals surface area contributed by atoms with Gasteiger partial charge in [-0.2, -0.15) is 5.11 Å². The van der Waals surface area contributed by atoms with Gasteiger partial charge in [0.15, 0.2) is 0 Å². The van der Waals surface area contributed by atoms with Crippen LogP contribution in [0.3, 0.4) is 0 Å². The number of benzene rings is 1. The number of likely N-dealkylation sites (N-methyl/N-ethyl adjacent to an activating group) is 2. The molecular weight excluding hydrogens is 600 g/mol. The molecule has 17 heteroatoms. The van der Waals surface area contributed by atoms with Crippen LogP contribution in [0, 0.1) is 11.8 Å². The van der Waals surface area contributed by atoms with Crippen LogP contribution in [0.2, 0.25) is 0 Å². The minimum absolute atomic E-state index is 0.0152. The Morgan fingerprint density at radius 1 is 0.913 bits per heavy atom. The predicted octanol–water partition coefficient (Wildman–Crippen LogP) is 0.708. The van der Waals surface area contributed by atoms with Crippen molar-refractivity contribution in [3.05, 3.63) is 29.8 Å². The molecule has 1 aromatic carbocycles. The molecule has 46 heavy (non-hydrogen) atoms. The highest BCUT2D eigenvalue weighted by Crippen LogP contribution is 2.13. The van der Waals surface area contributed by atoms with Crippen molar-refractivity contribution in [2.45, 2.75) is 59.2 Å². The van der Waals surface area contributed by atoms with Crippen LogP contribution in [0.15, 0.2) is 34.6 Å². The fourth-order valence-electron chi connectivity index (χ4n) is 4.02. The van der Waals surface area contributed by atoms with Crippen LogP contribution in [0.5, 0.6) is 0 Å². The van der Waals surface area contributed by atoms with Crippen LogP contribution in [0.25, 0.3) is 0 Å². The number of primary amides is 1. The first-order chi connectivity index (χ1) is 21.7. The Bertz CT molecular complexity index is 1210. The fraction of sp³-hybridized carbons (Fsp3) is 0.586. The number of ether oxygens (including phenoxy) is 1. The van der Waals surface area contributed by atoms with Crippen molar-refractivity contribution in [2.75, 3.05) is 45.6 Å². The van der Waals surface area contributed by atoms with Gasteiger partial charge in [0.2, 0.25) is 23.6 Å². The van der Waals surface area contributed by atoms with E-state index in [0.717, 1.165) is 0 Å². The van der Waals surface area contributed by atoms with Crippen molar-refractivity contribution in [1.82, 2.24) is 25.8 Å². The highest BCUT2D eigenvalue weighted by atomic mass is 16.6.